The highest BCUT2D eigenvalue weighted by molar-refractivity contribution is 5.70. The van der Waals surface area contributed by atoms with Crippen LogP contribution in [0.15, 0.2) is 12.1 Å². The SMILES string of the molecule is O=C(O)Cc1ccc(-c2nc(N3CCOCC3)nc(N3CCOCC3)n2)c(C(F)(F)F)n1. The number of carboxylic acid groups (broad SMARTS) is 1. The van der Waals surface area contributed by atoms with E-state index in [4.69, 9.17) is 14.6 Å². The van der Waals surface area contributed by atoms with Gasteiger partial charge in [0.1, 0.15) is 0 Å². The molecule has 0 amide bonds. The Morgan fingerprint density at radius 1 is 0.906 bits per heavy atom. The number of carbonyl (C=O) groups is 1. The Bertz CT molecular complexity index is 942. The van der Waals surface area contributed by atoms with Crippen molar-refractivity contribution in [3.05, 3.63) is 23.5 Å². The van der Waals surface area contributed by atoms with E-state index < -0.39 is 24.3 Å². The average Bonchev–Trinajstić information content (AvgIpc) is 2.79. The van der Waals surface area contributed by atoms with Crippen molar-refractivity contribution >= 4 is 17.9 Å². The van der Waals surface area contributed by atoms with Crippen LogP contribution in [0.25, 0.3) is 11.4 Å². The molecule has 0 atom stereocenters. The molecule has 2 aliphatic heterocycles. The molecule has 172 valence electrons. The Hall–Kier alpha value is -3.06. The first-order chi connectivity index (χ1) is 15.3. The van der Waals surface area contributed by atoms with Gasteiger partial charge in [-0.3, -0.25) is 4.79 Å². The number of anilines is 2. The molecule has 4 heterocycles. The summed E-state index contributed by atoms with van der Waals surface area (Å²) < 4.78 is 52.2. The summed E-state index contributed by atoms with van der Waals surface area (Å²) in [6.45, 7) is 3.78. The van der Waals surface area contributed by atoms with Crippen LogP contribution in [0.3, 0.4) is 0 Å². The van der Waals surface area contributed by atoms with Gasteiger partial charge in [-0.05, 0) is 12.1 Å². The number of pyridine rings is 1. The molecule has 0 aliphatic carbocycles. The number of morpholine rings is 2. The zero-order valence-corrected chi connectivity index (χ0v) is 17.0. The van der Waals surface area contributed by atoms with Gasteiger partial charge in [-0.2, -0.15) is 28.1 Å². The monoisotopic (exact) mass is 454 g/mol. The minimum absolute atomic E-state index is 0.176. The molecule has 0 spiro atoms. The second-order valence-electron chi connectivity index (χ2n) is 7.22. The standard InChI is InChI=1S/C19H21F3N6O4/c20-19(21,22)15-13(2-1-12(23-15)11-14(29)30)16-24-17(27-3-7-31-8-4-27)26-18(25-16)28-5-9-32-10-6-28/h1-2H,3-11H2,(H,29,30). The molecule has 0 unspecified atom stereocenters. The van der Waals surface area contributed by atoms with Crippen molar-refractivity contribution < 1.29 is 32.5 Å². The molecule has 0 saturated carbocycles. The lowest BCUT2D eigenvalue weighted by Gasteiger charge is -2.30. The summed E-state index contributed by atoms with van der Waals surface area (Å²) in [4.78, 5) is 31.3. The van der Waals surface area contributed by atoms with Crippen molar-refractivity contribution in [2.45, 2.75) is 12.6 Å². The topological polar surface area (TPSA) is 114 Å². The highest BCUT2D eigenvalue weighted by atomic mass is 19.4. The summed E-state index contributed by atoms with van der Waals surface area (Å²) in [5, 5.41) is 8.92. The molecule has 2 aromatic heterocycles. The number of carboxylic acids is 1. The van der Waals surface area contributed by atoms with E-state index in [2.05, 4.69) is 19.9 Å². The number of nitrogens with zero attached hydrogens (tertiary/aromatic N) is 6. The number of halogens is 3. The first kappa shape index (κ1) is 22.1. The first-order valence-corrected chi connectivity index (χ1v) is 10.0. The van der Waals surface area contributed by atoms with E-state index in [0.717, 1.165) is 6.07 Å². The molecule has 32 heavy (non-hydrogen) atoms. The minimum Gasteiger partial charge on any atom is -0.481 e. The van der Waals surface area contributed by atoms with Crippen molar-refractivity contribution in [3.63, 3.8) is 0 Å². The van der Waals surface area contributed by atoms with Crippen LogP contribution < -0.4 is 9.80 Å². The van der Waals surface area contributed by atoms with Crippen molar-refractivity contribution in [2.75, 3.05) is 62.4 Å². The molecule has 0 radical (unpaired) electrons. The lowest BCUT2D eigenvalue weighted by atomic mass is 10.1. The van der Waals surface area contributed by atoms with E-state index in [1.165, 1.54) is 6.07 Å². The van der Waals surface area contributed by atoms with E-state index >= 15 is 0 Å². The van der Waals surface area contributed by atoms with Crippen molar-refractivity contribution in [1.29, 1.82) is 0 Å². The second-order valence-corrected chi connectivity index (χ2v) is 7.22. The number of alkyl halides is 3. The summed E-state index contributed by atoms with van der Waals surface area (Å²) >= 11 is 0. The highest BCUT2D eigenvalue weighted by Gasteiger charge is 2.37. The van der Waals surface area contributed by atoms with E-state index in [-0.39, 0.29) is 29.0 Å². The quantitative estimate of drug-likeness (QED) is 0.708. The average molecular weight is 454 g/mol. The lowest BCUT2D eigenvalue weighted by molar-refractivity contribution is -0.141. The number of aliphatic carboxylic acids is 1. The zero-order valence-electron chi connectivity index (χ0n) is 17.0. The molecule has 13 heteroatoms. The van der Waals surface area contributed by atoms with Crippen LogP contribution >= 0.6 is 0 Å². The minimum atomic E-state index is -4.82. The van der Waals surface area contributed by atoms with Crippen LogP contribution in [0.4, 0.5) is 25.1 Å². The third kappa shape index (κ3) is 5.05. The molecule has 2 aliphatic rings. The summed E-state index contributed by atoms with van der Waals surface area (Å²) in [5.41, 5.74) is -1.77. The smallest absolute Gasteiger partial charge is 0.434 e. The van der Waals surface area contributed by atoms with Gasteiger partial charge < -0.3 is 24.4 Å². The Kier molecular flexibility index (Phi) is 6.37. The number of hydrogen-bond acceptors (Lipinski definition) is 9. The van der Waals surface area contributed by atoms with E-state index in [1.807, 2.05) is 9.80 Å². The van der Waals surface area contributed by atoms with Crippen LogP contribution in [0.1, 0.15) is 11.4 Å². The summed E-state index contributed by atoms with van der Waals surface area (Å²) in [7, 11) is 0. The van der Waals surface area contributed by atoms with Crippen molar-refractivity contribution in [3.8, 4) is 11.4 Å². The van der Waals surface area contributed by atoms with Gasteiger partial charge in [0.25, 0.3) is 0 Å². The predicted molar refractivity (Wildman–Crippen MR) is 105 cm³/mol. The van der Waals surface area contributed by atoms with Gasteiger partial charge in [0.05, 0.1) is 44.1 Å². The number of ether oxygens (including phenoxy) is 2. The molecule has 10 nitrogen and oxygen atoms in total. The summed E-state index contributed by atoms with van der Waals surface area (Å²) in [5.74, 6) is -0.947. The zero-order chi connectivity index (χ0) is 22.7. The molecule has 0 aromatic carbocycles. The van der Waals surface area contributed by atoms with E-state index in [9.17, 15) is 18.0 Å². The van der Waals surface area contributed by atoms with Gasteiger partial charge in [-0.15, -0.1) is 0 Å². The van der Waals surface area contributed by atoms with Crippen LogP contribution in [-0.4, -0.2) is 83.6 Å². The van der Waals surface area contributed by atoms with Gasteiger partial charge in [0.2, 0.25) is 11.9 Å². The maximum atomic E-state index is 13.8. The highest BCUT2D eigenvalue weighted by Crippen LogP contribution is 2.35. The molecular weight excluding hydrogens is 433 g/mol. The van der Waals surface area contributed by atoms with Crippen LogP contribution in [0.5, 0.6) is 0 Å². The fourth-order valence-corrected chi connectivity index (χ4v) is 3.43. The van der Waals surface area contributed by atoms with Crippen molar-refractivity contribution in [2.24, 2.45) is 0 Å². The summed E-state index contributed by atoms with van der Waals surface area (Å²) in [6.07, 6.45) is -5.45. The Balaban J connectivity index is 1.81. The molecule has 2 saturated heterocycles. The molecule has 1 N–H and O–H groups in total. The summed E-state index contributed by atoms with van der Waals surface area (Å²) in [6, 6.07) is 2.40. The maximum absolute atomic E-state index is 13.8. The van der Waals surface area contributed by atoms with E-state index in [1.54, 1.807) is 0 Å². The Labute approximate surface area is 181 Å². The Morgan fingerprint density at radius 3 is 1.91 bits per heavy atom. The molecule has 2 fully saturated rings. The van der Waals surface area contributed by atoms with Gasteiger partial charge in [-0.1, -0.05) is 0 Å². The predicted octanol–water partition coefficient (Wildman–Crippen LogP) is 1.25. The van der Waals surface area contributed by atoms with Gasteiger partial charge in [0, 0.05) is 26.2 Å². The number of rotatable bonds is 5. The van der Waals surface area contributed by atoms with Crippen LogP contribution in [0.2, 0.25) is 0 Å². The van der Waals surface area contributed by atoms with E-state index in [0.29, 0.717) is 52.6 Å². The normalized spacial score (nSPS) is 17.5. The van der Waals surface area contributed by atoms with Crippen LogP contribution in [-0.2, 0) is 26.9 Å². The van der Waals surface area contributed by atoms with Crippen molar-refractivity contribution in [1.82, 2.24) is 19.9 Å². The lowest BCUT2D eigenvalue weighted by Crippen LogP contribution is -2.40. The molecule has 0 bridgehead atoms. The second kappa shape index (κ2) is 9.20. The van der Waals surface area contributed by atoms with Gasteiger partial charge in [-0.25, -0.2) is 4.98 Å². The Morgan fingerprint density at radius 2 is 1.44 bits per heavy atom. The third-order valence-corrected chi connectivity index (χ3v) is 4.99. The molecule has 2 aromatic rings. The number of aromatic nitrogens is 4. The number of hydrogen-bond donors (Lipinski definition) is 1. The maximum Gasteiger partial charge on any atom is 0.434 e. The molecular formula is C19H21F3N6O4. The van der Waals surface area contributed by atoms with Crippen LogP contribution in [0, 0.1) is 0 Å². The van der Waals surface area contributed by atoms with Gasteiger partial charge >= 0.3 is 12.1 Å². The first-order valence-electron chi connectivity index (χ1n) is 10.0. The third-order valence-electron chi connectivity index (χ3n) is 4.99. The fraction of sp³-hybridized carbons (Fsp3) is 0.526. The largest absolute Gasteiger partial charge is 0.481 e. The fourth-order valence-electron chi connectivity index (χ4n) is 3.43. The molecule has 4 rings (SSSR count). The van der Waals surface area contributed by atoms with Gasteiger partial charge in [0.15, 0.2) is 11.5 Å².